The van der Waals surface area contributed by atoms with Gasteiger partial charge in [-0.15, -0.1) is 0 Å². The molecule has 0 spiro atoms. The molecule has 2 heterocycles. The lowest BCUT2D eigenvalue weighted by Crippen LogP contribution is -2.46. The van der Waals surface area contributed by atoms with Gasteiger partial charge in [0.1, 0.15) is 11.5 Å². The Labute approximate surface area is 184 Å². The monoisotopic (exact) mass is 421 g/mol. The number of unbranched alkanes of at least 4 members (excludes halogenated alkanes) is 1. The molecule has 2 aromatic rings. The summed E-state index contributed by atoms with van der Waals surface area (Å²) in [5.74, 6) is 2.57. The third-order valence-electron chi connectivity index (χ3n) is 6.74. The van der Waals surface area contributed by atoms with Crippen molar-refractivity contribution >= 4 is 17.3 Å². The lowest BCUT2D eigenvalue weighted by Gasteiger charge is -2.36. The van der Waals surface area contributed by atoms with Crippen molar-refractivity contribution in [3.05, 3.63) is 48.0 Å². The van der Waals surface area contributed by atoms with Gasteiger partial charge in [0.25, 0.3) is 0 Å². The van der Waals surface area contributed by atoms with Gasteiger partial charge < -0.3 is 19.7 Å². The molecule has 31 heavy (non-hydrogen) atoms. The van der Waals surface area contributed by atoms with E-state index < -0.39 is 0 Å². The average Bonchev–Trinajstić information content (AvgIpc) is 3.61. The lowest BCUT2D eigenvalue weighted by molar-refractivity contribution is -0.117. The Hall–Kier alpha value is -2.73. The summed E-state index contributed by atoms with van der Waals surface area (Å²) in [5.41, 5.74) is 3.45. The van der Waals surface area contributed by atoms with Crippen LogP contribution >= 0.6 is 0 Å². The normalized spacial score (nSPS) is 22.4. The number of rotatable bonds is 8. The number of piperazine rings is 1. The van der Waals surface area contributed by atoms with E-state index in [1.54, 1.807) is 7.11 Å². The van der Waals surface area contributed by atoms with Crippen molar-refractivity contribution in [3.63, 3.8) is 0 Å². The van der Waals surface area contributed by atoms with Gasteiger partial charge >= 0.3 is 0 Å². The van der Waals surface area contributed by atoms with Crippen molar-refractivity contribution in [1.82, 2.24) is 4.90 Å². The minimum atomic E-state index is 0.168. The molecule has 2 aliphatic heterocycles. The SMILES string of the molecule is COc1cccc(N2CCN(CCCCOc3ccc4c(c3)NC(=O)C3CC43)CC2)c1. The number of anilines is 2. The Kier molecular flexibility index (Phi) is 5.72. The molecule has 1 aliphatic carbocycles. The standard InChI is InChI=1S/C25H31N3O3/c1-30-19-6-4-5-18(15-19)28-12-10-27(11-13-28)9-2-3-14-31-20-7-8-21-22-17-23(22)25(29)26-24(21)16-20/h4-8,15-16,22-23H,2-3,9-14,17H2,1H3,(H,26,29). The largest absolute Gasteiger partial charge is 0.497 e. The smallest absolute Gasteiger partial charge is 0.228 e. The molecule has 1 N–H and O–H groups in total. The number of hydrogen-bond donors (Lipinski definition) is 1. The van der Waals surface area contributed by atoms with Crippen LogP contribution in [0.1, 0.15) is 30.7 Å². The molecule has 6 nitrogen and oxygen atoms in total. The zero-order chi connectivity index (χ0) is 21.2. The molecule has 2 unspecified atom stereocenters. The number of nitrogens with one attached hydrogen (secondary N) is 1. The van der Waals surface area contributed by atoms with Gasteiger partial charge in [0.2, 0.25) is 5.91 Å². The summed E-state index contributed by atoms with van der Waals surface area (Å²) in [6, 6.07) is 14.5. The van der Waals surface area contributed by atoms with E-state index in [4.69, 9.17) is 9.47 Å². The zero-order valence-electron chi connectivity index (χ0n) is 18.2. The lowest BCUT2D eigenvalue weighted by atomic mass is 10.0. The predicted molar refractivity (Wildman–Crippen MR) is 122 cm³/mol. The van der Waals surface area contributed by atoms with Gasteiger partial charge in [-0.1, -0.05) is 12.1 Å². The Morgan fingerprint density at radius 3 is 2.71 bits per heavy atom. The minimum absolute atomic E-state index is 0.168. The van der Waals surface area contributed by atoms with E-state index in [2.05, 4.69) is 39.4 Å². The van der Waals surface area contributed by atoms with Gasteiger partial charge in [0, 0.05) is 55.6 Å². The van der Waals surface area contributed by atoms with E-state index in [-0.39, 0.29) is 11.8 Å². The number of ether oxygens (including phenoxy) is 2. The van der Waals surface area contributed by atoms with Crippen LogP contribution in [0.15, 0.2) is 42.5 Å². The van der Waals surface area contributed by atoms with Crippen molar-refractivity contribution in [2.75, 3.05) is 56.7 Å². The van der Waals surface area contributed by atoms with Crippen LogP contribution < -0.4 is 19.7 Å². The number of methoxy groups -OCH3 is 1. The van der Waals surface area contributed by atoms with Crippen LogP contribution in [-0.4, -0.2) is 57.2 Å². The Morgan fingerprint density at radius 1 is 1.00 bits per heavy atom. The number of amides is 1. The van der Waals surface area contributed by atoms with Crippen LogP contribution in [0, 0.1) is 5.92 Å². The molecule has 5 rings (SSSR count). The number of carbonyl (C=O) groups is 1. The minimum Gasteiger partial charge on any atom is -0.497 e. The molecule has 164 valence electrons. The van der Waals surface area contributed by atoms with Gasteiger partial charge in [-0.25, -0.2) is 0 Å². The molecular weight excluding hydrogens is 390 g/mol. The first kappa shape index (κ1) is 20.2. The van der Waals surface area contributed by atoms with Crippen LogP contribution in [0.5, 0.6) is 11.5 Å². The predicted octanol–water partition coefficient (Wildman–Crippen LogP) is 3.73. The number of hydrogen-bond acceptors (Lipinski definition) is 5. The topological polar surface area (TPSA) is 54.0 Å². The Bertz CT molecular complexity index is 939. The molecule has 3 aliphatic rings. The van der Waals surface area contributed by atoms with E-state index in [0.29, 0.717) is 12.5 Å². The van der Waals surface area contributed by atoms with Crippen LogP contribution in [0.25, 0.3) is 0 Å². The van der Waals surface area contributed by atoms with Gasteiger partial charge in [-0.2, -0.15) is 0 Å². The summed E-state index contributed by atoms with van der Waals surface area (Å²) in [6.07, 6.45) is 3.15. The van der Waals surface area contributed by atoms with Gasteiger partial charge in [-0.05, 0) is 55.5 Å². The van der Waals surface area contributed by atoms with Crippen molar-refractivity contribution in [3.8, 4) is 11.5 Å². The van der Waals surface area contributed by atoms with Crippen LogP contribution in [0.4, 0.5) is 11.4 Å². The maximum Gasteiger partial charge on any atom is 0.228 e. The molecule has 0 bridgehead atoms. The number of nitrogens with zero attached hydrogens (tertiary/aromatic N) is 2. The van der Waals surface area contributed by atoms with Crippen molar-refractivity contribution in [2.45, 2.75) is 25.2 Å². The quantitative estimate of drug-likeness (QED) is 0.658. The van der Waals surface area contributed by atoms with Gasteiger partial charge in [-0.3, -0.25) is 9.69 Å². The average molecular weight is 422 g/mol. The van der Waals surface area contributed by atoms with Crippen molar-refractivity contribution in [1.29, 1.82) is 0 Å². The van der Waals surface area contributed by atoms with E-state index in [1.165, 1.54) is 11.3 Å². The Balaban J connectivity index is 1.01. The fraction of sp³-hybridized carbons (Fsp3) is 0.480. The molecule has 1 saturated heterocycles. The summed E-state index contributed by atoms with van der Waals surface area (Å²) in [4.78, 5) is 16.9. The van der Waals surface area contributed by atoms with Gasteiger partial charge in [0.05, 0.1) is 13.7 Å². The molecular formula is C25H31N3O3. The highest BCUT2D eigenvalue weighted by atomic mass is 16.5. The summed E-state index contributed by atoms with van der Waals surface area (Å²) in [6.45, 7) is 6.09. The highest BCUT2D eigenvalue weighted by Crippen LogP contribution is 2.53. The van der Waals surface area contributed by atoms with Crippen LogP contribution in [0.2, 0.25) is 0 Å². The first-order valence-corrected chi connectivity index (χ1v) is 11.4. The maximum atomic E-state index is 11.9. The van der Waals surface area contributed by atoms with Crippen molar-refractivity contribution < 1.29 is 14.3 Å². The molecule has 1 saturated carbocycles. The van der Waals surface area contributed by atoms with E-state index >= 15 is 0 Å². The molecule has 1 amide bonds. The van der Waals surface area contributed by atoms with E-state index in [9.17, 15) is 4.79 Å². The fourth-order valence-corrected chi connectivity index (χ4v) is 4.78. The fourth-order valence-electron chi connectivity index (χ4n) is 4.78. The van der Waals surface area contributed by atoms with E-state index in [1.807, 2.05) is 18.2 Å². The summed E-state index contributed by atoms with van der Waals surface area (Å²) < 4.78 is 11.3. The molecule has 2 atom stereocenters. The molecule has 0 aromatic heterocycles. The second-order valence-corrected chi connectivity index (χ2v) is 8.77. The summed E-state index contributed by atoms with van der Waals surface area (Å²) in [5, 5.41) is 3.02. The molecule has 0 radical (unpaired) electrons. The van der Waals surface area contributed by atoms with Gasteiger partial charge in [0.15, 0.2) is 0 Å². The molecule has 2 aromatic carbocycles. The summed E-state index contributed by atoms with van der Waals surface area (Å²) >= 11 is 0. The Morgan fingerprint density at radius 2 is 1.87 bits per heavy atom. The number of carbonyl (C=O) groups excluding carboxylic acids is 1. The van der Waals surface area contributed by atoms with E-state index in [0.717, 1.165) is 69.2 Å². The second kappa shape index (κ2) is 8.79. The van der Waals surface area contributed by atoms with Crippen LogP contribution in [0.3, 0.4) is 0 Å². The highest BCUT2D eigenvalue weighted by molar-refractivity contribution is 5.99. The molecule has 2 fully saturated rings. The highest BCUT2D eigenvalue weighted by Gasteiger charge is 2.48. The first-order valence-electron chi connectivity index (χ1n) is 11.4. The molecule has 6 heteroatoms. The number of benzene rings is 2. The maximum absolute atomic E-state index is 11.9. The third kappa shape index (κ3) is 4.49. The second-order valence-electron chi connectivity index (χ2n) is 8.77. The number of fused-ring (bicyclic) bond motifs is 3. The summed E-state index contributed by atoms with van der Waals surface area (Å²) in [7, 11) is 1.71. The van der Waals surface area contributed by atoms with Crippen LogP contribution in [-0.2, 0) is 4.79 Å². The first-order chi connectivity index (χ1) is 15.2. The zero-order valence-corrected chi connectivity index (χ0v) is 18.2. The van der Waals surface area contributed by atoms with Crippen molar-refractivity contribution in [2.24, 2.45) is 5.92 Å². The third-order valence-corrected chi connectivity index (χ3v) is 6.74.